The summed E-state index contributed by atoms with van der Waals surface area (Å²) in [5, 5.41) is 19.2. The van der Waals surface area contributed by atoms with E-state index in [1.807, 2.05) is 6.20 Å². The fourth-order valence-electron chi connectivity index (χ4n) is 9.31. The van der Waals surface area contributed by atoms with E-state index >= 15 is 0 Å². The van der Waals surface area contributed by atoms with E-state index in [2.05, 4.69) is 40.4 Å². The van der Waals surface area contributed by atoms with Gasteiger partial charge in [-0.2, -0.15) is 0 Å². The molecular weight excluding hydrogens is 613 g/mol. The molecule has 1 saturated heterocycles. The van der Waals surface area contributed by atoms with E-state index in [0.29, 0.717) is 59.3 Å². The van der Waals surface area contributed by atoms with Crippen LogP contribution >= 0.6 is 0 Å². The topological polar surface area (TPSA) is 111 Å². The average Bonchev–Trinajstić information content (AvgIpc) is 3.78. The summed E-state index contributed by atoms with van der Waals surface area (Å²) in [6.45, 7) is 3.79. The molecule has 0 bridgehead atoms. The number of carbonyl (C=O) groups is 1. The van der Waals surface area contributed by atoms with E-state index in [1.165, 1.54) is 42.4 Å². The number of ether oxygens (including phenoxy) is 3. The number of amides is 1. The first-order valence-corrected chi connectivity index (χ1v) is 17.5. The second-order valence-corrected chi connectivity index (χ2v) is 14.5. The number of fused-ring (bicyclic) bond motifs is 7. The molecule has 4 unspecified atom stereocenters. The molecule has 2 aromatic carbocycles. The van der Waals surface area contributed by atoms with Gasteiger partial charge < -0.3 is 24.2 Å². The minimum absolute atomic E-state index is 0.0690. The zero-order valence-electron chi connectivity index (χ0n) is 27.7. The molecule has 3 fully saturated rings. The standard InChI is InChI=1S/C37H44FN5O5/c1-37-11-10-28-27-7-5-26(14-22(27)4-6-29(28)31(37)8-9-35(37)44)47-13-3-12-42-20-24(40-41-42)21-48-34-17-32-30(16-33(34)46-2)36(45)43-19-23(38)15-25(43)18-39-32/h5,7,14,16-18,20,23,25,28-29,31,35,44H,3-4,6,8-13,15,19,21H2,1-2H3/t23?,25-,28?,29?,31?,35-,37-/m0/s1. The molecule has 8 rings (SSSR count). The fraction of sp³-hybridized carbons (Fsp3) is 0.568. The monoisotopic (exact) mass is 657 g/mol. The van der Waals surface area contributed by atoms with Crippen LogP contribution in [0.1, 0.15) is 85.0 Å². The van der Waals surface area contributed by atoms with Crippen molar-refractivity contribution < 1.29 is 28.5 Å². The molecule has 11 heteroatoms. The number of hydrogen-bond donors (Lipinski definition) is 1. The Balaban J connectivity index is 0.837. The summed E-state index contributed by atoms with van der Waals surface area (Å²) in [7, 11) is 1.51. The van der Waals surface area contributed by atoms with Crippen molar-refractivity contribution in [3.63, 3.8) is 0 Å². The first-order chi connectivity index (χ1) is 23.3. The number of aliphatic imine (C=N–C) groups is 1. The molecular formula is C37H44FN5O5. The summed E-state index contributed by atoms with van der Waals surface area (Å²) in [4.78, 5) is 19.1. The molecule has 2 aliphatic heterocycles. The number of hydrogen-bond acceptors (Lipinski definition) is 8. The number of aromatic nitrogens is 3. The van der Waals surface area contributed by atoms with Gasteiger partial charge in [0.1, 0.15) is 24.2 Å². The van der Waals surface area contributed by atoms with Crippen molar-refractivity contribution in [2.24, 2.45) is 22.2 Å². The normalized spacial score (nSPS) is 30.2. The molecule has 3 aromatic rings. The van der Waals surface area contributed by atoms with Gasteiger partial charge in [-0.3, -0.25) is 14.5 Å². The maximum Gasteiger partial charge on any atom is 0.256 e. The lowest BCUT2D eigenvalue weighted by molar-refractivity contribution is -0.0226. The quantitative estimate of drug-likeness (QED) is 0.289. The van der Waals surface area contributed by atoms with Crippen LogP contribution in [0.25, 0.3) is 0 Å². The van der Waals surface area contributed by atoms with Crippen LogP contribution in [0.15, 0.2) is 41.5 Å². The van der Waals surface area contributed by atoms with E-state index in [9.17, 15) is 14.3 Å². The van der Waals surface area contributed by atoms with Crippen molar-refractivity contribution in [1.29, 1.82) is 0 Å². The Morgan fingerprint density at radius 3 is 2.88 bits per heavy atom. The number of benzene rings is 2. The Kier molecular flexibility index (Phi) is 8.13. The van der Waals surface area contributed by atoms with Crippen LogP contribution < -0.4 is 14.2 Å². The molecule has 10 nitrogen and oxygen atoms in total. The number of carbonyl (C=O) groups excluding carboxylic acids is 1. The van der Waals surface area contributed by atoms with Gasteiger partial charge in [-0.25, -0.2) is 4.39 Å². The van der Waals surface area contributed by atoms with Crippen molar-refractivity contribution in [3.8, 4) is 17.2 Å². The molecule has 3 heterocycles. The summed E-state index contributed by atoms with van der Waals surface area (Å²) in [5.41, 5.74) is 4.53. The van der Waals surface area contributed by atoms with Crippen molar-refractivity contribution in [3.05, 3.63) is 58.9 Å². The van der Waals surface area contributed by atoms with Gasteiger partial charge in [-0.1, -0.05) is 18.2 Å². The molecule has 7 atom stereocenters. The highest BCUT2D eigenvalue weighted by molar-refractivity contribution is 6.03. The van der Waals surface area contributed by atoms with Gasteiger partial charge >= 0.3 is 0 Å². The van der Waals surface area contributed by atoms with Crippen molar-refractivity contribution in [1.82, 2.24) is 19.9 Å². The highest BCUT2D eigenvalue weighted by atomic mass is 19.1. The molecule has 48 heavy (non-hydrogen) atoms. The molecule has 254 valence electrons. The number of rotatable bonds is 9. The van der Waals surface area contributed by atoms with Gasteiger partial charge in [0, 0.05) is 31.7 Å². The van der Waals surface area contributed by atoms with E-state index in [0.717, 1.165) is 31.4 Å². The molecule has 1 amide bonds. The van der Waals surface area contributed by atoms with Crippen LogP contribution in [-0.2, 0) is 19.6 Å². The average molecular weight is 658 g/mol. The van der Waals surface area contributed by atoms with E-state index in [4.69, 9.17) is 14.2 Å². The molecule has 1 aromatic heterocycles. The summed E-state index contributed by atoms with van der Waals surface area (Å²) < 4.78 is 33.5. The number of methoxy groups -OCH3 is 1. The molecule has 0 radical (unpaired) electrons. The maximum atomic E-state index is 14.0. The number of aryl methyl sites for hydroxylation is 2. The largest absolute Gasteiger partial charge is 0.494 e. The predicted molar refractivity (Wildman–Crippen MR) is 177 cm³/mol. The van der Waals surface area contributed by atoms with Gasteiger partial charge in [0.15, 0.2) is 11.5 Å². The Morgan fingerprint density at radius 1 is 1.10 bits per heavy atom. The second-order valence-electron chi connectivity index (χ2n) is 14.5. The van der Waals surface area contributed by atoms with Crippen molar-refractivity contribution >= 4 is 17.8 Å². The summed E-state index contributed by atoms with van der Waals surface area (Å²) in [6, 6.07) is 9.62. The van der Waals surface area contributed by atoms with Gasteiger partial charge in [0.05, 0.1) is 49.9 Å². The highest BCUT2D eigenvalue weighted by Crippen LogP contribution is 2.61. The summed E-state index contributed by atoms with van der Waals surface area (Å²) in [6.07, 6.45) is 10.1. The molecule has 5 aliphatic rings. The van der Waals surface area contributed by atoms with Crippen LogP contribution in [0.4, 0.5) is 10.1 Å². The Hall–Kier alpha value is -3.99. The lowest BCUT2D eigenvalue weighted by atomic mass is 9.55. The predicted octanol–water partition coefficient (Wildman–Crippen LogP) is 5.82. The summed E-state index contributed by atoms with van der Waals surface area (Å²) >= 11 is 0. The second kappa shape index (κ2) is 12.5. The fourth-order valence-corrected chi connectivity index (χ4v) is 9.31. The minimum Gasteiger partial charge on any atom is -0.494 e. The maximum absolute atomic E-state index is 14.0. The van der Waals surface area contributed by atoms with Crippen LogP contribution in [0.5, 0.6) is 17.2 Å². The first-order valence-electron chi connectivity index (χ1n) is 17.5. The third-order valence-corrected chi connectivity index (χ3v) is 11.9. The lowest BCUT2D eigenvalue weighted by Crippen LogP contribution is -2.43. The lowest BCUT2D eigenvalue weighted by Gasteiger charge is -2.50. The van der Waals surface area contributed by atoms with Gasteiger partial charge in [0.2, 0.25) is 0 Å². The van der Waals surface area contributed by atoms with Crippen LogP contribution in [-0.4, -0.2) is 75.7 Å². The molecule has 2 saturated carbocycles. The molecule has 0 spiro atoms. The van der Waals surface area contributed by atoms with Crippen LogP contribution in [0.2, 0.25) is 0 Å². The van der Waals surface area contributed by atoms with Gasteiger partial charge in [0.25, 0.3) is 5.91 Å². The van der Waals surface area contributed by atoms with Crippen LogP contribution in [0.3, 0.4) is 0 Å². The zero-order valence-corrected chi connectivity index (χ0v) is 27.7. The Labute approximate surface area is 280 Å². The number of halogens is 1. The smallest absolute Gasteiger partial charge is 0.256 e. The van der Waals surface area contributed by atoms with Gasteiger partial charge in [-0.05, 0) is 91.0 Å². The number of aliphatic hydroxyl groups is 1. The first kappa shape index (κ1) is 31.3. The molecule has 3 aliphatic carbocycles. The van der Waals surface area contributed by atoms with E-state index in [-0.39, 0.29) is 43.0 Å². The Bertz CT molecular complexity index is 1730. The van der Waals surface area contributed by atoms with Crippen LogP contribution in [0, 0.1) is 17.3 Å². The Morgan fingerprint density at radius 2 is 2.00 bits per heavy atom. The zero-order chi connectivity index (χ0) is 33.0. The third-order valence-electron chi connectivity index (χ3n) is 11.9. The third kappa shape index (κ3) is 5.53. The van der Waals surface area contributed by atoms with Crippen molar-refractivity contribution in [2.75, 3.05) is 20.3 Å². The minimum atomic E-state index is -1.04. The highest BCUT2D eigenvalue weighted by Gasteiger charge is 2.54. The number of alkyl halides is 1. The van der Waals surface area contributed by atoms with E-state index in [1.54, 1.807) is 23.0 Å². The van der Waals surface area contributed by atoms with Crippen molar-refractivity contribution in [2.45, 2.75) is 95.7 Å². The van der Waals surface area contributed by atoms with E-state index < -0.39 is 6.17 Å². The van der Waals surface area contributed by atoms with Gasteiger partial charge in [-0.15, -0.1) is 5.10 Å². The molecule has 1 N–H and O–H groups in total. The number of nitrogens with zero attached hydrogens (tertiary/aromatic N) is 5. The SMILES string of the molecule is COc1cc2c(cc1OCc1cn(CCCOc3ccc4c(c3)CCC3C4CC[C@@]4(C)C3CC[C@@H]4O)nn1)N=C[C@@H]1CC(F)CN1C2=O. The summed E-state index contributed by atoms with van der Waals surface area (Å²) in [5.74, 6) is 3.44. The number of aliphatic hydroxyl groups excluding tert-OH is 1.